The Labute approximate surface area is 91.1 Å². The normalized spacial score (nSPS) is 22.1. The van der Waals surface area contributed by atoms with Gasteiger partial charge in [0.05, 0.1) is 12.6 Å². The molecule has 2 rings (SSSR count). The van der Waals surface area contributed by atoms with E-state index in [1.54, 1.807) is 0 Å². The van der Waals surface area contributed by atoms with Crippen LogP contribution in [0.5, 0.6) is 0 Å². The van der Waals surface area contributed by atoms with E-state index in [0.717, 1.165) is 26.2 Å². The third-order valence-corrected chi connectivity index (χ3v) is 2.34. The first-order chi connectivity index (χ1) is 6.47. The van der Waals surface area contributed by atoms with Crippen molar-refractivity contribution in [2.45, 2.75) is 12.5 Å². The molecule has 1 aliphatic rings. The Morgan fingerprint density at radius 2 is 2.00 bits per heavy atom. The minimum atomic E-state index is 0. The quantitative estimate of drug-likeness (QED) is 0.772. The molecular formula is C11H16ClNO. The Bertz CT molecular complexity index is 245. The summed E-state index contributed by atoms with van der Waals surface area (Å²) < 4.78 is 5.50. The SMILES string of the molecule is Cl.c1ccc([C@H]2COCCCN2)cc1. The van der Waals surface area contributed by atoms with E-state index in [1.807, 2.05) is 6.07 Å². The van der Waals surface area contributed by atoms with Gasteiger partial charge in [0, 0.05) is 6.61 Å². The van der Waals surface area contributed by atoms with E-state index in [9.17, 15) is 0 Å². The fourth-order valence-electron chi connectivity index (χ4n) is 1.61. The van der Waals surface area contributed by atoms with Gasteiger partial charge in [-0.05, 0) is 18.5 Å². The molecule has 2 nitrogen and oxygen atoms in total. The third kappa shape index (κ3) is 2.98. The maximum absolute atomic E-state index is 5.50. The fourth-order valence-corrected chi connectivity index (χ4v) is 1.61. The monoisotopic (exact) mass is 213 g/mol. The van der Waals surface area contributed by atoms with E-state index >= 15 is 0 Å². The maximum Gasteiger partial charge on any atom is 0.0661 e. The molecule has 0 bridgehead atoms. The number of hydrogen-bond donors (Lipinski definition) is 1. The summed E-state index contributed by atoms with van der Waals surface area (Å²) in [6.07, 6.45) is 1.11. The first-order valence-corrected chi connectivity index (χ1v) is 4.83. The van der Waals surface area contributed by atoms with E-state index < -0.39 is 0 Å². The van der Waals surface area contributed by atoms with Gasteiger partial charge >= 0.3 is 0 Å². The summed E-state index contributed by atoms with van der Waals surface area (Å²) in [5.41, 5.74) is 1.32. The van der Waals surface area contributed by atoms with Gasteiger partial charge in [0.25, 0.3) is 0 Å². The molecule has 0 aromatic heterocycles. The van der Waals surface area contributed by atoms with Crippen molar-refractivity contribution >= 4 is 12.4 Å². The summed E-state index contributed by atoms with van der Waals surface area (Å²) in [7, 11) is 0. The van der Waals surface area contributed by atoms with Gasteiger partial charge in [-0.3, -0.25) is 0 Å². The molecule has 1 fully saturated rings. The van der Waals surface area contributed by atoms with Crippen LogP contribution in [0, 0.1) is 0 Å². The molecule has 1 atom stereocenters. The van der Waals surface area contributed by atoms with Crippen molar-refractivity contribution in [1.82, 2.24) is 5.32 Å². The molecule has 14 heavy (non-hydrogen) atoms. The molecular weight excluding hydrogens is 198 g/mol. The predicted octanol–water partition coefficient (Wildman–Crippen LogP) is 2.16. The second kappa shape index (κ2) is 6.02. The van der Waals surface area contributed by atoms with Crippen LogP contribution in [0.15, 0.2) is 30.3 Å². The van der Waals surface area contributed by atoms with Crippen LogP contribution in [0.1, 0.15) is 18.0 Å². The number of hydrogen-bond acceptors (Lipinski definition) is 2. The Hall–Kier alpha value is -0.570. The van der Waals surface area contributed by atoms with Crippen LogP contribution in [0.4, 0.5) is 0 Å². The van der Waals surface area contributed by atoms with Crippen LogP contribution in [-0.4, -0.2) is 19.8 Å². The summed E-state index contributed by atoms with van der Waals surface area (Å²) in [6, 6.07) is 10.9. The highest BCUT2D eigenvalue weighted by Gasteiger charge is 2.12. The lowest BCUT2D eigenvalue weighted by Gasteiger charge is -2.14. The van der Waals surface area contributed by atoms with E-state index in [1.165, 1.54) is 5.56 Å². The van der Waals surface area contributed by atoms with Gasteiger partial charge in [-0.25, -0.2) is 0 Å². The van der Waals surface area contributed by atoms with Crippen LogP contribution < -0.4 is 5.32 Å². The van der Waals surface area contributed by atoms with E-state index in [4.69, 9.17) is 4.74 Å². The molecule has 3 heteroatoms. The zero-order chi connectivity index (χ0) is 8.93. The molecule has 0 radical (unpaired) electrons. The van der Waals surface area contributed by atoms with Crippen molar-refractivity contribution in [3.8, 4) is 0 Å². The summed E-state index contributed by atoms with van der Waals surface area (Å²) in [6.45, 7) is 2.74. The van der Waals surface area contributed by atoms with Crippen molar-refractivity contribution < 1.29 is 4.74 Å². The van der Waals surface area contributed by atoms with Gasteiger partial charge in [0.2, 0.25) is 0 Å². The predicted molar refractivity (Wildman–Crippen MR) is 59.9 cm³/mol. The first kappa shape index (κ1) is 11.5. The lowest BCUT2D eigenvalue weighted by atomic mass is 10.1. The van der Waals surface area contributed by atoms with Crippen LogP contribution in [0.25, 0.3) is 0 Å². The molecule has 0 saturated carbocycles. The van der Waals surface area contributed by atoms with Crippen LogP contribution >= 0.6 is 12.4 Å². The highest BCUT2D eigenvalue weighted by atomic mass is 35.5. The number of nitrogens with one attached hydrogen (secondary N) is 1. The maximum atomic E-state index is 5.50. The molecule has 1 aromatic rings. The van der Waals surface area contributed by atoms with Crippen LogP contribution in [0.3, 0.4) is 0 Å². The van der Waals surface area contributed by atoms with Crippen molar-refractivity contribution in [3.05, 3.63) is 35.9 Å². The molecule has 0 spiro atoms. The van der Waals surface area contributed by atoms with Gasteiger partial charge < -0.3 is 10.1 Å². The van der Waals surface area contributed by atoms with Crippen molar-refractivity contribution in [1.29, 1.82) is 0 Å². The molecule has 1 aromatic carbocycles. The molecule has 0 amide bonds. The third-order valence-electron chi connectivity index (χ3n) is 2.34. The smallest absolute Gasteiger partial charge is 0.0661 e. The summed E-state index contributed by atoms with van der Waals surface area (Å²) in [5, 5.41) is 3.47. The summed E-state index contributed by atoms with van der Waals surface area (Å²) in [5.74, 6) is 0. The van der Waals surface area contributed by atoms with Gasteiger partial charge in [0.1, 0.15) is 0 Å². The number of benzene rings is 1. The topological polar surface area (TPSA) is 21.3 Å². The molecule has 1 N–H and O–H groups in total. The van der Waals surface area contributed by atoms with Crippen LogP contribution in [-0.2, 0) is 4.74 Å². The standard InChI is InChI=1S/C11H15NO.ClH/c1-2-5-10(6-3-1)11-9-13-8-4-7-12-11;/h1-3,5-6,11-12H,4,7-9H2;1H/t11-;/m1./s1. The van der Waals surface area contributed by atoms with E-state index in [-0.39, 0.29) is 12.4 Å². The van der Waals surface area contributed by atoms with E-state index in [2.05, 4.69) is 29.6 Å². The number of ether oxygens (including phenoxy) is 1. The average Bonchev–Trinajstić information content (AvgIpc) is 2.47. The zero-order valence-electron chi connectivity index (χ0n) is 8.11. The van der Waals surface area contributed by atoms with Gasteiger partial charge in [-0.15, -0.1) is 12.4 Å². The molecule has 1 heterocycles. The molecule has 1 saturated heterocycles. The highest BCUT2D eigenvalue weighted by Crippen LogP contribution is 2.14. The molecule has 78 valence electrons. The van der Waals surface area contributed by atoms with Gasteiger partial charge in [-0.1, -0.05) is 30.3 Å². The lowest BCUT2D eigenvalue weighted by Crippen LogP contribution is -2.23. The molecule has 0 unspecified atom stereocenters. The van der Waals surface area contributed by atoms with Crippen molar-refractivity contribution in [3.63, 3.8) is 0 Å². The van der Waals surface area contributed by atoms with Crippen molar-refractivity contribution in [2.75, 3.05) is 19.8 Å². The number of halogens is 1. The van der Waals surface area contributed by atoms with E-state index in [0.29, 0.717) is 6.04 Å². The summed E-state index contributed by atoms with van der Waals surface area (Å²) >= 11 is 0. The average molecular weight is 214 g/mol. The lowest BCUT2D eigenvalue weighted by molar-refractivity contribution is 0.131. The number of rotatable bonds is 1. The summed E-state index contributed by atoms with van der Waals surface area (Å²) in [4.78, 5) is 0. The fraction of sp³-hybridized carbons (Fsp3) is 0.455. The Morgan fingerprint density at radius 1 is 1.21 bits per heavy atom. The van der Waals surface area contributed by atoms with Crippen LogP contribution in [0.2, 0.25) is 0 Å². The zero-order valence-corrected chi connectivity index (χ0v) is 8.93. The Kier molecular flexibility index (Phi) is 4.94. The highest BCUT2D eigenvalue weighted by molar-refractivity contribution is 5.85. The minimum absolute atomic E-state index is 0. The van der Waals surface area contributed by atoms with Crippen molar-refractivity contribution in [2.24, 2.45) is 0 Å². The molecule has 0 aliphatic carbocycles. The Morgan fingerprint density at radius 3 is 2.79 bits per heavy atom. The van der Waals surface area contributed by atoms with Gasteiger partial charge in [-0.2, -0.15) is 0 Å². The second-order valence-corrected chi connectivity index (χ2v) is 3.35. The van der Waals surface area contributed by atoms with Gasteiger partial charge in [0.15, 0.2) is 0 Å². The minimum Gasteiger partial charge on any atom is -0.379 e. The second-order valence-electron chi connectivity index (χ2n) is 3.35. The Balaban J connectivity index is 0.000000980. The molecule has 1 aliphatic heterocycles. The largest absolute Gasteiger partial charge is 0.379 e. The first-order valence-electron chi connectivity index (χ1n) is 4.83.